The van der Waals surface area contributed by atoms with Gasteiger partial charge in [-0.2, -0.15) is 15.4 Å². The predicted octanol–water partition coefficient (Wildman–Crippen LogP) is 4.01. The highest BCUT2D eigenvalue weighted by atomic mass is 16.5. The van der Waals surface area contributed by atoms with E-state index >= 15 is 0 Å². The van der Waals surface area contributed by atoms with Crippen LogP contribution in [-0.2, 0) is 0 Å². The van der Waals surface area contributed by atoms with E-state index in [1.807, 2.05) is 48.5 Å². The monoisotopic (exact) mass is 265 g/mol. The molecule has 0 atom stereocenters. The second kappa shape index (κ2) is 5.75. The summed E-state index contributed by atoms with van der Waals surface area (Å²) in [6.45, 7) is 0. The van der Waals surface area contributed by atoms with Crippen LogP contribution in [0.4, 0.5) is 11.4 Å². The smallest absolute Gasteiger partial charge is 0.258 e. The Balaban J connectivity index is 1.84. The molecule has 3 aromatic rings. The number of nitrogens with zero attached hydrogens (tertiary/aromatic N) is 4. The Morgan fingerprint density at radius 1 is 0.900 bits per heavy atom. The quantitative estimate of drug-likeness (QED) is 0.724. The van der Waals surface area contributed by atoms with Crippen LogP contribution in [0.25, 0.3) is 0 Å². The normalized spacial score (nSPS) is 10.8. The number of hydrogen-bond donors (Lipinski definition) is 1. The van der Waals surface area contributed by atoms with Gasteiger partial charge >= 0.3 is 0 Å². The van der Waals surface area contributed by atoms with Gasteiger partial charge in [-0.25, -0.2) is 0 Å². The Bertz CT molecular complexity index is 695. The van der Waals surface area contributed by atoms with Crippen molar-refractivity contribution in [2.75, 3.05) is 0 Å². The van der Waals surface area contributed by atoms with Crippen LogP contribution in [-0.4, -0.2) is 15.4 Å². The molecule has 0 saturated carbocycles. The molecule has 1 aromatic heterocycles. The molecule has 0 fully saturated rings. The van der Waals surface area contributed by atoms with E-state index in [-0.39, 0.29) is 0 Å². The zero-order valence-electron chi connectivity index (χ0n) is 10.5. The Hall–Kier alpha value is -3.02. The van der Waals surface area contributed by atoms with Gasteiger partial charge in [-0.1, -0.05) is 30.3 Å². The number of benzene rings is 2. The molecule has 0 saturated heterocycles. The minimum atomic E-state index is 0.382. The Morgan fingerprint density at radius 2 is 1.70 bits per heavy atom. The summed E-state index contributed by atoms with van der Waals surface area (Å²) in [6.07, 6.45) is 1.49. The number of aromatic amines is 1. The van der Waals surface area contributed by atoms with Crippen LogP contribution >= 0.6 is 0 Å². The maximum Gasteiger partial charge on any atom is 0.258 e. The van der Waals surface area contributed by atoms with Crippen molar-refractivity contribution in [3.05, 3.63) is 60.8 Å². The van der Waals surface area contributed by atoms with Gasteiger partial charge in [-0.3, -0.25) is 0 Å². The molecule has 0 amide bonds. The van der Waals surface area contributed by atoms with Gasteiger partial charge in [0, 0.05) is 0 Å². The summed E-state index contributed by atoms with van der Waals surface area (Å²) in [7, 11) is 0. The fourth-order valence-electron chi connectivity index (χ4n) is 1.59. The average Bonchev–Trinajstić information content (AvgIpc) is 3.00. The van der Waals surface area contributed by atoms with Gasteiger partial charge in [-0.05, 0) is 24.3 Å². The van der Waals surface area contributed by atoms with E-state index in [0.717, 1.165) is 5.69 Å². The van der Waals surface area contributed by atoms with Crippen molar-refractivity contribution in [2.24, 2.45) is 10.2 Å². The van der Waals surface area contributed by atoms with E-state index in [2.05, 4.69) is 25.6 Å². The highest BCUT2D eigenvalue weighted by molar-refractivity contribution is 5.52. The number of H-pyrrole nitrogens is 1. The van der Waals surface area contributed by atoms with Crippen molar-refractivity contribution in [3.63, 3.8) is 0 Å². The Labute approximate surface area is 115 Å². The minimum Gasteiger partial charge on any atom is -0.434 e. The van der Waals surface area contributed by atoms with Gasteiger partial charge in [0.1, 0.15) is 11.9 Å². The number of rotatable bonds is 4. The van der Waals surface area contributed by atoms with Crippen molar-refractivity contribution >= 4 is 11.4 Å². The largest absolute Gasteiger partial charge is 0.434 e. The molecule has 0 aliphatic heterocycles. The highest BCUT2D eigenvalue weighted by Gasteiger charge is 2.05. The zero-order chi connectivity index (χ0) is 13.6. The molecule has 98 valence electrons. The number of nitrogens with one attached hydrogen (secondary N) is 1. The number of aromatic nitrogens is 3. The predicted molar refractivity (Wildman–Crippen MR) is 73.5 cm³/mol. The Morgan fingerprint density at radius 3 is 2.50 bits per heavy atom. The third-order valence-corrected chi connectivity index (χ3v) is 2.50. The van der Waals surface area contributed by atoms with Gasteiger partial charge < -0.3 is 4.74 Å². The highest BCUT2D eigenvalue weighted by Crippen LogP contribution is 2.31. The van der Waals surface area contributed by atoms with E-state index in [1.54, 1.807) is 6.07 Å². The van der Waals surface area contributed by atoms with Crippen molar-refractivity contribution in [1.82, 2.24) is 15.4 Å². The molecular formula is C14H11N5O. The van der Waals surface area contributed by atoms with Crippen LogP contribution < -0.4 is 4.74 Å². The fraction of sp³-hybridized carbons (Fsp3) is 0. The molecule has 20 heavy (non-hydrogen) atoms. The van der Waals surface area contributed by atoms with E-state index in [1.165, 1.54) is 6.20 Å². The lowest BCUT2D eigenvalue weighted by molar-refractivity contribution is 0.462. The fourth-order valence-corrected chi connectivity index (χ4v) is 1.59. The van der Waals surface area contributed by atoms with Crippen molar-refractivity contribution in [3.8, 4) is 11.6 Å². The van der Waals surface area contributed by atoms with Gasteiger partial charge in [0.15, 0.2) is 5.75 Å². The van der Waals surface area contributed by atoms with Gasteiger partial charge in [-0.15, -0.1) is 10.2 Å². The van der Waals surface area contributed by atoms with Crippen molar-refractivity contribution < 1.29 is 4.74 Å². The number of azo groups is 1. The standard InChI is InChI=1S/C14H11N5O/c1-2-6-11(7-3-1)16-17-12-8-4-5-9-13(12)20-14-10-15-19-18-14/h1-10H,(H,15,18,19). The van der Waals surface area contributed by atoms with Gasteiger partial charge in [0.05, 0.1) is 5.69 Å². The van der Waals surface area contributed by atoms with Crippen LogP contribution in [0.3, 0.4) is 0 Å². The van der Waals surface area contributed by atoms with Gasteiger partial charge in [0.25, 0.3) is 5.88 Å². The summed E-state index contributed by atoms with van der Waals surface area (Å²) in [4.78, 5) is 0. The topological polar surface area (TPSA) is 75.5 Å². The van der Waals surface area contributed by atoms with E-state index in [4.69, 9.17) is 4.74 Å². The summed E-state index contributed by atoms with van der Waals surface area (Å²) < 4.78 is 5.58. The molecule has 0 spiro atoms. The summed E-state index contributed by atoms with van der Waals surface area (Å²) in [5, 5.41) is 18.4. The van der Waals surface area contributed by atoms with E-state index < -0.39 is 0 Å². The van der Waals surface area contributed by atoms with Crippen LogP contribution in [0.15, 0.2) is 71.0 Å². The molecule has 2 aromatic carbocycles. The number of hydrogen-bond acceptors (Lipinski definition) is 5. The zero-order valence-corrected chi connectivity index (χ0v) is 10.5. The lowest BCUT2D eigenvalue weighted by Crippen LogP contribution is -1.84. The first-order valence-corrected chi connectivity index (χ1v) is 6.01. The second-order valence-electron chi connectivity index (χ2n) is 3.91. The van der Waals surface area contributed by atoms with Crippen molar-refractivity contribution in [1.29, 1.82) is 0 Å². The molecule has 0 aliphatic carbocycles. The first kappa shape index (κ1) is 12.0. The molecule has 0 aliphatic rings. The lowest BCUT2D eigenvalue weighted by atomic mass is 10.3. The third-order valence-electron chi connectivity index (χ3n) is 2.50. The number of ether oxygens (including phenoxy) is 1. The molecule has 1 N–H and O–H groups in total. The molecular weight excluding hydrogens is 254 g/mol. The summed E-state index contributed by atoms with van der Waals surface area (Å²) in [5.74, 6) is 0.952. The van der Waals surface area contributed by atoms with E-state index in [9.17, 15) is 0 Å². The van der Waals surface area contributed by atoms with Crippen LogP contribution in [0.2, 0.25) is 0 Å². The van der Waals surface area contributed by atoms with Gasteiger partial charge in [0.2, 0.25) is 0 Å². The maximum atomic E-state index is 5.58. The van der Waals surface area contributed by atoms with E-state index in [0.29, 0.717) is 17.3 Å². The molecule has 0 unspecified atom stereocenters. The molecule has 1 heterocycles. The summed E-state index contributed by atoms with van der Waals surface area (Å²) in [6, 6.07) is 16.9. The Kier molecular flexibility index (Phi) is 3.46. The maximum absolute atomic E-state index is 5.58. The minimum absolute atomic E-state index is 0.382. The molecule has 0 bridgehead atoms. The SMILES string of the molecule is c1ccc(N=Nc2ccccc2Oc2cn[nH]n2)cc1. The second-order valence-corrected chi connectivity index (χ2v) is 3.91. The summed E-state index contributed by atoms with van der Waals surface area (Å²) >= 11 is 0. The van der Waals surface area contributed by atoms with Crippen LogP contribution in [0.5, 0.6) is 11.6 Å². The first-order chi connectivity index (χ1) is 9.92. The van der Waals surface area contributed by atoms with Crippen molar-refractivity contribution in [2.45, 2.75) is 0 Å². The average molecular weight is 265 g/mol. The molecule has 3 rings (SSSR count). The first-order valence-electron chi connectivity index (χ1n) is 6.01. The molecule has 6 nitrogen and oxygen atoms in total. The number of para-hydroxylation sites is 1. The molecule has 0 radical (unpaired) electrons. The lowest BCUT2D eigenvalue weighted by Gasteiger charge is -2.03. The molecule has 6 heteroatoms. The van der Waals surface area contributed by atoms with Crippen LogP contribution in [0, 0.1) is 0 Å². The summed E-state index contributed by atoms with van der Waals surface area (Å²) in [5.41, 5.74) is 1.41. The van der Waals surface area contributed by atoms with Crippen LogP contribution in [0.1, 0.15) is 0 Å². The third kappa shape index (κ3) is 2.86.